The average Bonchev–Trinajstić information content (AvgIpc) is 3.10. The molecule has 0 radical (unpaired) electrons. The van der Waals surface area contributed by atoms with Crippen LogP contribution in [0, 0.1) is 0 Å². The van der Waals surface area contributed by atoms with E-state index in [9.17, 15) is 9.59 Å². The zero-order valence-corrected chi connectivity index (χ0v) is 14.3. The van der Waals surface area contributed by atoms with Crippen molar-refractivity contribution in [3.63, 3.8) is 0 Å². The number of H-pyrrole nitrogens is 2. The molecular formula is C19H16N6O2. The average molecular weight is 360 g/mol. The number of benzene rings is 1. The summed E-state index contributed by atoms with van der Waals surface area (Å²) in [7, 11) is 0. The summed E-state index contributed by atoms with van der Waals surface area (Å²) in [5, 5.41) is 4.48. The first-order valence-electron chi connectivity index (χ1n) is 8.69. The fourth-order valence-corrected chi connectivity index (χ4v) is 3.54. The molecule has 1 unspecified atom stereocenters. The second-order valence-electron chi connectivity index (χ2n) is 6.50. The minimum absolute atomic E-state index is 0.260. The number of aromatic nitrogens is 5. The number of rotatable bonds is 3. The standard InChI is InChI=1S/C19H16N6O2/c26-18-13(11-21-19(27)22-18)14-10-16(17-20-7-9-25(17)23-14)24-8-6-15(24)12-4-2-1-3-5-12/h1-5,7,9-11,15H,6,8H2,(H2,21,22,26,27). The van der Waals surface area contributed by atoms with E-state index in [1.165, 1.54) is 11.8 Å². The van der Waals surface area contributed by atoms with Crippen LogP contribution in [0.25, 0.3) is 16.9 Å². The highest BCUT2D eigenvalue weighted by atomic mass is 16.2. The Kier molecular flexibility index (Phi) is 3.43. The van der Waals surface area contributed by atoms with Crippen LogP contribution in [0.15, 0.2) is 64.6 Å². The smallest absolute Gasteiger partial charge is 0.325 e. The Labute approximate surface area is 153 Å². The molecule has 8 heteroatoms. The van der Waals surface area contributed by atoms with Gasteiger partial charge in [-0.15, -0.1) is 0 Å². The Balaban J connectivity index is 1.65. The van der Waals surface area contributed by atoms with Crippen LogP contribution >= 0.6 is 0 Å². The lowest BCUT2D eigenvalue weighted by molar-refractivity contribution is 0.466. The van der Waals surface area contributed by atoms with Crippen LogP contribution in [-0.2, 0) is 0 Å². The molecule has 0 amide bonds. The molecular weight excluding hydrogens is 344 g/mol. The molecule has 1 atom stereocenters. The minimum atomic E-state index is -0.542. The summed E-state index contributed by atoms with van der Waals surface area (Å²) in [6.45, 7) is 0.896. The highest BCUT2D eigenvalue weighted by molar-refractivity contribution is 5.75. The van der Waals surface area contributed by atoms with Crippen molar-refractivity contribution in [1.29, 1.82) is 0 Å². The van der Waals surface area contributed by atoms with Crippen molar-refractivity contribution in [2.45, 2.75) is 12.5 Å². The second kappa shape index (κ2) is 5.94. The monoisotopic (exact) mass is 360 g/mol. The molecule has 1 aliphatic rings. The van der Waals surface area contributed by atoms with Crippen LogP contribution < -0.4 is 16.1 Å². The van der Waals surface area contributed by atoms with Crippen molar-refractivity contribution >= 4 is 11.3 Å². The molecule has 0 spiro atoms. The summed E-state index contributed by atoms with van der Waals surface area (Å²) in [5.41, 5.74) is 2.67. The molecule has 3 aromatic heterocycles. The van der Waals surface area contributed by atoms with E-state index in [-0.39, 0.29) is 6.04 Å². The number of anilines is 1. The lowest BCUT2D eigenvalue weighted by atomic mass is 9.94. The van der Waals surface area contributed by atoms with Gasteiger partial charge in [-0.25, -0.2) is 14.3 Å². The van der Waals surface area contributed by atoms with Gasteiger partial charge in [0.25, 0.3) is 5.56 Å². The summed E-state index contributed by atoms with van der Waals surface area (Å²) in [6, 6.07) is 12.4. The molecule has 1 aliphatic heterocycles. The molecule has 1 saturated heterocycles. The summed E-state index contributed by atoms with van der Waals surface area (Å²) in [5.74, 6) is 0. The van der Waals surface area contributed by atoms with Crippen LogP contribution in [0.1, 0.15) is 18.0 Å². The molecule has 134 valence electrons. The normalized spacial score (nSPS) is 16.4. The fraction of sp³-hybridized carbons (Fsp3) is 0.158. The molecule has 2 N–H and O–H groups in total. The van der Waals surface area contributed by atoms with Gasteiger partial charge < -0.3 is 9.88 Å². The Morgan fingerprint density at radius 3 is 2.74 bits per heavy atom. The van der Waals surface area contributed by atoms with Gasteiger partial charge in [0, 0.05) is 25.1 Å². The van der Waals surface area contributed by atoms with E-state index in [1.807, 2.05) is 24.3 Å². The third-order valence-electron chi connectivity index (χ3n) is 4.95. The lowest BCUT2D eigenvalue weighted by Crippen LogP contribution is -2.41. The number of hydrogen-bond acceptors (Lipinski definition) is 5. The number of fused-ring (bicyclic) bond motifs is 1. The third-order valence-corrected chi connectivity index (χ3v) is 4.95. The Bertz CT molecular complexity index is 1240. The zero-order valence-electron chi connectivity index (χ0n) is 14.3. The number of aromatic amines is 2. The fourth-order valence-electron chi connectivity index (χ4n) is 3.54. The zero-order chi connectivity index (χ0) is 18.4. The molecule has 0 bridgehead atoms. The maximum Gasteiger partial charge on any atom is 0.325 e. The van der Waals surface area contributed by atoms with Crippen molar-refractivity contribution in [2.75, 3.05) is 11.4 Å². The summed E-state index contributed by atoms with van der Waals surface area (Å²) < 4.78 is 1.66. The van der Waals surface area contributed by atoms with E-state index in [0.717, 1.165) is 24.3 Å². The molecule has 0 saturated carbocycles. The van der Waals surface area contributed by atoms with Crippen molar-refractivity contribution in [3.05, 3.63) is 81.4 Å². The lowest BCUT2D eigenvalue weighted by Gasteiger charge is -2.43. The van der Waals surface area contributed by atoms with Crippen molar-refractivity contribution in [1.82, 2.24) is 24.6 Å². The van der Waals surface area contributed by atoms with Crippen LogP contribution in [0.5, 0.6) is 0 Å². The van der Waals surface area contributed by atoms with Crippen LogP contribution in [0.2, 0.25) is 0 Å². The molecule has 27 heavy (non-hydrogen) atoms. The summed E-state index contributed by atoms with van der Waals surface area (Å²) >= 11 is 0. The van der Waals surface area contributed by atoms with Crippen molar-refractivity contribution in [2.24, 2.45) is 0 Å². The van der Waals surface area contributed by atoms with Gasteiger partial charge in [-0.05, 0) is 18.1 Å². The van der Waals surface area contributed by atoms with Gasteiger partial charge in [0.2, 0.25) is 0 Å². The van der Waals surface area contributed by atoms with E-state index in [0.29, 0.717) is 11.3 Å². The Morgan fingerprint density at radius 1 is 1.15 bits per heavy atom. The van der Waals surface area contributed by atoms with E-state index in [2.05, 4.69) is 37.1 Å². The SMILES string of the molecule is O=c1[nH]cc(-c2cc(N3CCC3c3ccccc3)c3nccn3n2)c(=O)[nH]1. The van der Waals surface area contributed by atoms with Crippen LogP contribution in [-0.4, -0.2) is 31.1 Å². The van der Waals surface area contributed by atoms with E-state index < -0.39 is 11.2 Å². The van der Waals surface area contributed by atoms with E-state index in [4.69, 9.17) is 0 Å². The quantitative estimate of drug-likeness (QED) is 0.580. The van der Waals surface area contributed by atoms with Gasteiger partial charge >= 0.3 is 5.69 Å². The Hall–Kier alpha value is -3.68. The van der Waals surface area contributed by atoms with E-state index >= 15 is 0 Å². The molecule has 5 rings (SSSR count). The molecule has 4 heterocycles. The maximum atomic E-state index is 12.2. The van der Waals surface area contributed by atoms with Gasteiger partial charge in [0.05, 0.1) is 17.3 Å². The van der Waals surface area contributed by atoms with Gasteiger partial charge in [-0.3, -0.25) is 9.78 Å². The van der Waals surface area contributed by atoms with Crippen molar-refractivity contribution in [3.8, 4) is 11.3 Å². The molecule has 0 aliphatic carbocycles. The predicted molar refractivity (Wildman–Crippen MR) is 101 cm³/mol. The van der Waals surface area contributed by atoms with Gasteiger partial charge in [-0.2, -0.15) is 5.10 Å². The van der Waals surface area contributed by atoms with Crippen LogP contribution in [0.3, 0.4) is 0 Å². The molecule has 1 aromatic carbocycles. The van der Waals surface area contributed by atoms with Gasteiger partial charge in [0.15, 0.2) is 5.65 Å². The second-order valence-corrected chi connectivity index (χ2v) is 6.50. The van der Waals surface area contributed by atoms with Gasteiger partial charge in [-0.1, -0.05) is 30.3 Å². The van der Waals surface area contributed by atoms with Crippen LogP contribution in [0.4, 0.5) is 5.69 Å². The Morgan fingerprint density at radius 2 is 2.00 bits per heavy atom. The topological polar surface area (TPSA) is 99.2 Å². The first kappa shape index (κ1) is 15.6. The third kappa shape index (κ3) is 2.53. The van der Waals surface area contributed by atoms with E-state index in [1.54, 1.807) is 16.9 Å². The predicted octanol–water partition coefficient (Wildman–Crippen LogP) is 1.72. The number of hydrogen-bond donors (Lipinski definition) is 2. The molecule has 8 nitrogen and oxygen atoms in total. The van der Waals surface area contributed by atoms with Crippen molar-refractivity contribution < 1.29 is 0 Å². The summed E-state index contributed by atoms with van der Waals surface area (Å²) in [4.78, 5) is 35.0. The highest BCUT2D eigenvalue weighted by Gasteiger charge is 2.31. The highest BCUT2D eigenvalue weighted by Crippen LogP contribution is 2.39. The molecule has 4 aromatic rings. The number of imidazole rings is 1. The summed E-state index contributed by atoms with van der Waals surface area (Å²) in [6.07, 6.45) is 5.87. The maximum absolute atomic E-state index is 12.2. The molecule has 1 fully saturated rings. The minimum Gasteiger partial charge on any atom is -0.361 e. The first-order valence-corrected chi connectivity index (χ1v) is 8.69. The first-order chi connectivity index (χ1) is 13.2. The largest absolute Gasteiger partial charge is 0.361 e. The number of nitrogens with zero attached hydrogens (tertiary/aromatic N) is 4. The van der Waals surface area contributed by atoms with Gasteiger partial charge in [0.1, 0.15) is 5.69 Å². The number of nitrogens with one attached hydrogen (secondary N) is 2.